The Hall–Kier alpha value is -2.93. The van der Waals surface area contributed by atoms with Gasteiger partial charge in [0.05, 0.1) is 7.11 Å². The normalized spacial score (nSPS) is 10.5. The Bertz CT molecular complexity index is 912. The van der Waals surface area contributed by atoms with Gasteiger partial charge in [0, 0.05) is 30.1 Å². The van der Waals surface area contributed by atoms with Gasteiger partial charge in [-0.15, -0.1) is 0 Å². The lowest BCUT2D eigenvalue weighted by Gasteiger charge is -2.10. The van der Waals surface area contributed by atoms with Gasteiger partial charge in [0.1, 0.15) is 0 Å². The molecule has 1 N–H and O–H groups in total. The maximum absolute atomic E-state index is 12.3. The van der Waals surface area contributed by atoms with Crippen molar-refractivity contribution in [3.63, 3.8) is 0 Å². The van der Waals surface area contributed by atoms with Crippen LogP contribution >= 0.6 is 11.5 Å². The Balaban J connectivity index is 1.72. The van der Waals surface area contributed by atoms with Crippen LogP contribution in [-0.4, -0.2) is 28.9 Å². The number of hydrogen-bond acceptors (Lipinski definition) is 6. The summed E-state index contributed by atoms with van der Waals surface area (Å²) >= 11 is 1.17. The fourth-order valence-electron chi connectivity index (χ4n) is 2.60. The standard InChI is InChI=1S/C21H23N3O3S/c1-3-4-12-22-20(25)16-10-11-17(26-2)18(14-16)27-21-23-19(24-28-21)13-15-8-6-5-7-9-15/h5-11,14H,3-4,12-13H2,1-2H3,(H,22,25). The summed E-state index contributed by atoms with van der Waals surface area (Å²) in [7, 11) is 1.56. The molecule has 3 rings (SSSR count). The SMILES string of the molecule is CCCCNC(=O)c1ccc(OC)c(Oc2nc(Cc3ccccc3)ns2)c1. The van der Waals surface area contributed by atoms with Gasteiger partial charge in [0.2, 0.25) is 0 Å². The molecule has 1 heterocycles. The molecule has 1 aromatic heterocycles. The Morgan fingerprint density at radius 1 is 1.14 bits per heavy atom. The lowest BCUT2D eigenvalue weighted by atomic mass is 10.1. The molecule has 0 unspecified atom stereocenters. The zero-order chi connectivity index (χ0) is 19.8. The second-order valence-corrected chi connectivity index (χ2v) is 6.93. The summed E-state index contributed by atoms with van der Waals surface area (Å²) in [6.07, 6.45) is 2.61. The summed E-state index contributed by atoms with van der Waals surface area (Å²) in [6.45, 7) is 2.73. The number of rotatable bonds is 9. The molecular weight excluding hydrogens is 374 g/mol. The number of nitrogens with zero attached hydrogens (tertiary/aromatic N) is 2. The first-order valence-electron chi connectivity index (χ1n) is 9.20. The lowest BCUT2D eigenvalue weighted by molar-refractivity contribution is 0.0953. The van der Waals surface area contributed by atoms with E-state index in [4.69, 9.17) is 9.47 Å². The van der Waals surface area contributed by atoms with Crippen molar-refractivity contribution in [2.24, 2.45) is 0 Å². The van der Waals surface area contributed by atoms with Gasteiger partial charge in [0.15, 0.2) is 17.3 Å². The molecule has 0 saturated heterocycles. The van der Waals surface area contributed by atoms with Gasteiger partial charge in [-0.25, -0.2) is 0 Å². The minimum atomic E-state index is -0.136. The van der Waals surface area contributed by atoms with Crippen molar-refractivity contribution in [1.29, 1.82) is 0 Å². The molecule has 0 bridgehead atoms. The Kier molecular flexibility index (Phi) is 6.97. The molecule has 0 spiro atoms. The quantitative estimate of drug-likeness (QED) is 0.540. The van der Waals surface area contributed by atoms with Gasteiger partial charge in [-0.2, -0.15) is 9.36 Å². The van der Waals surface area contributed by atoms with Crippen molar-refractivity contribution in [3.05, 3.63) is 65.5 Å². The van der Waals surface area contributed by atoms with Crippen LogP contribution in [0, 0.1) is 0 Å². The third kappa shape index (κ3) is 5.29. The highest BCUT2D eigenvalue weighted by atomic mass is 32.1. The molecule has 3 aromatic rings. The Morgan fingerprint density at radius 2 is 1.96 bits per heavy atom. The molecule has 0 fully saturated rings. The van der Waals surface area contributed by atoms with Crippen LogP contribution < -0.4 is 14.8 Å². The van der Waals surface area contributed by atoms with E-state index >= 15 is 0 Å². The molecule has 0 aliphatic carbocycles. The topological polar surface area (TPSA) is 73.3 Å². The number of methoxy groups -OCH3 is 1. The second-order valence-electron chi connectivity index (χ2n) is 6.22. The van der Waals surface area contributed by atoms with Gasteiger partial charge in [-0.1, -0.05) is 43.7 Å². The molecule has 6 nitrogen and oxygen atoms in total. The third-order valence-corrected chi connectivity index (χ3v) is 4.73. The molecule has 2 aromatic carbocycles. The first kappa shape index (κ1) is 19.8. The van der Waals surface area contributed by atoms with E-state index in [1.807, 2.05) is 30.3 Å². The number of carbonyl (C=O) groups excluding carboxylic acids is 1. The van der Waals surface area contributed by atoms with E-state index in [9.17, 15) is 4.79 Å². The predicted octanol–water partition coefficient (Wildman–Crippen LogP) is 4.46. The van der Waals surface area contributed by atoms with Gasteiger partial charge < -0.3 is 14.8 Å². The number of carbonyl (C=O) groups is 1. The van der Waals surface area contributed by atoms with Crippen LogP contribution in [-0.2, 0) is 6.42 Å². The Morgan fingerprint density at radius 3 is 2.71 bits per heavy atom. The molecule has 28 heavy (non-hydrogen) atoms. The minimum Gasteiger partial charge on any atom is -0.493 e. The smallest absolute Gasteiger partial charge is 0.298 e. The summed E-state index contributed by atoms with van der Waals surface area (Å²) < 4.78 is 15.6. The van der Waals surface area contributed by atoms with Gasteiger partial charge in [-0.3, -0.25) is 4.79 Å². The average Bonchev–Trinajstić information content (AvgIpc) is 3.15. The van der Waals surface area contributed by atoms with Crippen molar-refractivity contribution in [3.8, 4) is 16.7 Å². The van der Waals surface area contributed by atoms with Crippen molar-refractivity contribution in [2.75, 3.05) is 13.7 Å². The van der Waals surface area contributed by atoms with Crippen LogP contribution in [0.1, 0.15) is 41.5 Å². The third-order valence-electron chi connectivity index (χ3n) is 4.09. The van der Waals surface area contributed by atoms with Crippen LogP contribution in [0.15, 0.2) is 48.5 Å². The molecule has 0 aliphatic heterocycles. The first-order chi connectivity index (χ1) is 13.7. The van der Waals surface area contributed by atoms with E-state index in [1.165, 1.54) is 11.5 Å². The lowest BCUT2D eigenvalue weighted by Crippen LogP contribution is -2.24. The van der Waals surface area contributed by atoms with Crippen molar-refractivity contribution in [1.82, 2.24) is 14.7 Å². The Labute approximate surface area is 168 Å². The first-order valence-corrected chi connectivity index (χ1v) is 9.97. The summed E-state index contributed by atoms with van der Waals surface area (Å²) in [5.74, 6) is 1.53. The van der Waals surface area contributed by atoms with Crippen molar-refractivity contribution in [2.45, 2.75) is 26.2 Å². The van der Waals surface area contributed by atoms with Crippen molar-refractivity contribution < 1.29 is 14.3 Å². The molecule has 1 amide bonds. The number of hydrogen-bond donors (Lipinski definition) is 1. The van der Waals surface area contributed by atoms with Crippen LogP contribution in [0.25, 0.3) is 0 Å². The monoisotopic (exact) mass is 397 g/mol. The summed E-state index contributed by atoms with van der Waals surface area (Å²) in [5.41, 5.74) is 1.65. The zero-order valence-electron chi connectivity index (χ0n) is 16.0. The largest absolute Gasteiger partial charge is 0.493 e. The average molecular weight is 398 g/mol. The minimum absolute atomic E-state index is 0.136. The predicted molar refractivity (Wildman–Crippen MR) is 109 cm³/mol. The maximum Gasteiger partial charge on any atom is 0.298 e. The highest BCUT2D eigenvalue weighted by molar-refractivity contribution is 7.07. The highest BCUT2D eigenvalue weighted by Crippen LogP contribution is 2.33. The zero-order valence-corrected chi connectivity index (χ0v) is 16.8. The molecule has 0 saturated carbocycles. The number of benzene rings is 2. The van der Waals surface area contributed by atoms with E-state index < -0.39 is 0 Å². The van der Waals surface area contributed by atoms with E-state index in [1.54, 1.807) is 25.3 Å². The number of amides is 1. The fraction of sp³-hybridized carbons (Fsp3) is 0.286. The van der Waals surface area contributed by atoms with E-state index in [0.29, 0.717) is 41.0 Å². The highest BCUT2D eigenvalue weighted by Gasteiger charge is 2.14. The molecule has 0 atom stereocenters. The molecule has 146 valence electrons. The maximum atomic E-state index is 12.3. The molecule has 0 radical (unpaired) electrons. The van der Waals surface area contributed by atoms with Crippen LogP contribution in [0.4, 0.5) is 0 Å². The molecule has 7 heteroatoms. The van der Waals surface area contributed by atoms with Gasteiger partial charge in [0.25, 0.3) is 11.1 Å². The van der Waals surface area contributed by atoms with E-state index in [0.717, 1.165) is 18.4 Å². The number of aromatic nitrogens is 2. The van der Waals surface area contributed by atoms with E-state index in [-0.39, 0.29) is 5.91 Å². The van der Waals surface area contributed by atoms with Gasteiger partial charge >= 0.3 is 0 Å². The van der Waals surface area contributed by atoms with Crippen molar-refractivity contribution >= 4 is 17.4 Å². The molecule has 0 aliphatic rings. The van der Waals surface area contributed by atoms with E-state index in [2.05, 4.69) is 21.6 Å². The number of ether oxygens (including phenoxy) is 2. The van der Waals surface area contributed by atoms with Gasteiger partial charge in [-0.05, 0) is 30.2 Å². The van der Waals surface area contributed by atoms with Crippen LogP contribution in [0.3, 0.4) is 0 Å². The number of nitrogens with one attached hydrogen (secondary N) is 1. The summed E-state index contributed by atoms with van der Waals surface area (Å²) in [5, 5.41) is 3.31. The summed E-state index contributed by atoms with van der Waals surface area (Å²) in [4.78, 5) is 16.7. The fourth-order valence-corrected chi connectivity index (χ4v) is 3.16. The van der Waals surface area contributed by atoms with Crippen LogP contribution in [0.5, 0.6) is 16.7 Å². The number of unbranched alkanes of at least 4 members (excludes halogenated alkanes) is 1. The summed E-state index contributed by atoms with van der Waals surface area (Å²) in [6, 6.07) is 15.1. The second kappa shape index (κ2) is 9.85. The van der Waals surface area contributed by atoms with Crippen LogP contribution in [0.2, 0.25) is 0 Å². The molecular formula is C21H23N3O3S.